The van der Waals surface area contributed by atoms with Crippen LogP contribution in [0.25, 0.3) is 11.4 Å². The van der Waals surface area contributed by atoms with E-state index in [9.17, 15) is 9.59 Å². The van der Waals surface area contributed by atoms with E-state index < -0.39 is 5.97 Å². The first-order valence-electron chi connectivity index (χ1n) is 8.72. The summed E-state index contributed by atoms with van der Waals surface area (Å²) in [5.74, 6) is 0.589. The summed E-state index contributed by atoms with van der Waals surface area (Å²) in [4.78, 5) is 25.1. The van der Waals surface area contributed by atoms with E-state index in [0.717, 1.165) is 30.9 Å². The summed E-state index contributed by atoms with van der Waals surface area (Å²) in [6.45, 7) is 9.31. The minimum Gasteiger partial charge on any atom is -0.466 e. The summed E-state index contributed by atoms with van der Waals surface area (Å²) in [7, 11) is 0. The molecule has 0 unspecified atom stereocenters. The summed E-state index contributed by atoms with van der Waals surface area (Å²) in [6.07, 6.45) is 3.59. The molecule has 0 N–H and O–H groups in total. The van der Waals surface area contributed by atoms with Gasteiger partial charge in [-0.2, -0.15) is 4.98 Å². The van der Waals surface area contributed by atoms with Crippen molar-refractivity contribution in [2.45, 2.75) is 40.0 Å². The lowest BCUT2D eigenvalue weighted by Crippen LogP contribution is -2.03. The van der Waals surface area contributed by atoms with Crippen molar-refractivity contribution in [3.8, 4) is 11.4 Å². The average Bonchev–Trinajstić information content (AvgIpc) is 3.07. The van der Waals surface area contributed by atoms with Gasteiger partial charge in [0.1, 0.15) is 0 Å². The van der Waals surface area contributed by atoms with Crippen LogP contribution in [0, 0.1) is 13.8 Å². The summed E-state index contributed by atoms with van der Waals surface area (Å²) in [5, 5.41) is 3.84. The van der Waals surface area contributed by atoms with Crippen LogP contribution in [0.5, 0.6) is 0 Å². The van der Waals surface area contributed by atoms with E-state index in [1.165, 1.54) is 12.5 Å². The molecule has 0 atom stereocenters. The Hall–Kier alpha value is -2.96. The number of nitrogens with zero attached hydrogens (tertiary/aromatic N) is 2. The number of aryl methyl sites for hydroxylation is 2. The first-order valence-corrected chi connectivity index (χ1v) is 8.72. The monoisotopic (exact) mass is 374 g/mol. The molecule has 0 amide bonds. The molecule has 0 fully saturated rings. The van der Waals surface area contributed by atoms with Crippen LogP contribution >= 0.6 is 0 Å². The lowest BCUT2D eigenvalue weighted by molar-refractivity contribution is -0.141. The number of hydrogen-bond acceptors (Lipinski definition) is 7. The van der Waals surface area contributed by atoms with Crippen LogP contribution in [-0.4, -0.2) is 35.3 Å². The Labute approximate surface area is 159 Å². The molecule has 1 heterocycles. The zero-order valence-corrected chi connectivity index (χ0v) is 16.1. The molecule has 0 bridgehead atoms. The van der Waals surface area contributed by atoms with Gasteiger partial charge in [-0.1, -0.05) is 35.5 Å². The highest BCUT2D eigenvalue weighted by atomic mass is 16.5. The fourth-order valence-electron chi connectivity index (χ4n) is 2.03. The Morgan fingerprint density at radius 1 is 1.15 bits per heavy atom. The normalized spacial score (nSPS) is 9.74. The number of hydrogen-bond donors (Lipinski definition) is 0. The van der Waals surface area contributed by atoms with Gasteiger partial charge in [-0.25, -0.2) is 4.79 Å². The Morgan fingerprint density at radius 3 is 2.41 bits per heavy atom. The molecule has 146 valence electrons. The van der Waals surface area contributed by atoms with E-state index in [0.29, 0.717) is 24.9 Å². The number of rotatable bonds is 8. The van der Waals surface area contributed by atoms with E-state index >= 15 is 0 Å². The Morgan fingerprint density at radius 2 is 1.85 bits per heavy atom. The zero-order chi connectivity index (χ0) is 20.1. The van der Waals surface area contributed by atoms with Gasteiger partial charge in [-0.15, -0.1) is 0 Å². The van der Waals surface area contributed by atoms with Gasteiger partial charge in [0.05, 0.1) is 13.2 Å². The highest BCUT2D eigenvalue weighted by molar-refractivity contribution is 5.81. The minimum atomic E-state index is -0.398. The van der Waals surface area contributed by atoms with E-state index in [1.54, 1.807) is 6.92 Å². The number of esters is 2. The van der Waals surface area contributed by atoms with Gasteiger partial charge < -0.3 is 14.0 Å². The van der Waals surface area contributed by atoms with Crippen LogP contribution < -0.4 is 0 Å². The predicted octanol–water partition coefficient (Wildman–Crippen LogP) is 3.80. The van der Waals surface area contributed by atoms with E-state index in [4.69, 9.17) is 14.0 Å². The van der Waals surface area contributed by atoms with Crippen molar-refractivity contribution in [1.82, 2.24) is 10.1 Å². The van der Waals surface area contributed by atoms with Crippen molar-refractivity contribution in [2.75, 3.05) is 13.2 Å². The standard InChI is InChI=1S/C10H10N2O.C10H16O4/c1-7-4-3-5-9(6-7)10-11-8(2)13-12-10;1-3-10(12)14-8-6-4-5-7-13-9(2)11/h3-6H,1-2H3;3H,1,4-8H2,2H3. The fraction of sp³-hybridized carbons (Fsp3) is 0.400. The molecular formula is C20H26N2O5. The molecule has 1 aromatic carbocycles. The van der Waals surface area contributed by atoms with Crippen LogP contribution in [0.3, 0.4) is 0 Å². The van der Waals surface area contributed by atoms with E-state index in [-0.39, 0.29) is 5.97 Å². The number of ether oxygens (including phenoxy) is 2. The van der Waals surface area contributed by atoms with E-state index in [2.05, 4.69) is 16.7 Å². The third-order valence-corrected chi connectivity index (χ3v) is 3.31. The maximum atomic E-state index is 10.6. The number of carbonyl (C=O) groups excluding carboxylic acids is 2. The van der Waals surface area contributed by atoms with Crippen molar-refractivity contribution in [2.24, 2.45) is 0 Å². The summed E-state index contributed by atoms with van der Waals surface area (Å²) >= 11 is 0. The molecule has 0 saturated carbocycles. The van der Waals surface area contributed by atoms with Crippen LogP contribution in [0.4, 0.5) is 0 Å². The SMILES string of the molecule is C=CC(=O)OCCCCCOC(C)=O.Cc1cccc(-c2noc(C)n2)c1. The van der Waals surface area contributed by atoms with Gasteiger partial charge in [0.15, 0.2) is 0 Å². The van der Waals surface area contributed by atoms with Crippen LogP contribution in [0.15, 0.2) is 41.4 Å². The van der Waals surface area contributed by atoms with E-state index in [1.807, 2.05) is 31.2 Å². The summed E-state index contributed by atoms with van der Waals surface area (Å²) in [5.41, 5.74) is 2.19. The predicted molar refractivity (Wildman–Crippen MR) is 101 cm³/mol. The van der Waals surface area contributed by atoms with Gasteiger partial charge in [0, 0.05) is 25.5 Å². The second-order valence-electron chi connectivity index (χ2n) is 5.78. The first-order chi connectivity index (χ1) is 12.9. The van der Waals surface area contributed by atoms with Crippen LogP contribution in [0.2, 0.25) is 0 Å². The third-order valence-electron chi connectivity index (χ3n) is 3.31. The summed E-state index contributed by atoms with van der Waals surface area (Å²) in [6, 6.07) is 8.02. The first kappa shape index (κ1) is 22.1. The minimum absolute atomic E-state index is 0.261. The van der Waals surface area contributed by atoms with Gasteiger partial charge in [0.2, 0.25) is 11.7 Å². The summed E-state index contributed by atoms with van der Waals surface area (Å²) < 4.78 is 14.4. The maximum Gasteiger partial charge on any atom is 0.330 e. The zero-order valence-electron chi connectivity index (χ0n) is 16.1. The Bertz CT molecular complexity index is 739. The van der Waals surface area contributed by atoms with Crippen molar-refractivity contribution >= 4 is 11.9 Å². The number of benzene rings is 1. The molecule has 0 aliphatic carbocycles. The van der Waals surface area contributed by atoms with Crippen LogP contribution in [-0.2, 0) is 19.1 Å². The largest absolute Gasteiger partial charge is 0.466 e. The van der Waals surface area contributed by atoms with Crippen molar-refractivity contribution in [3.05, 3.63) is 48.4 Å². The Balaban J connectivity index is 0.000000270. The molecule has 7 nitrogen and oxygen atoms in total. The average molecular weight is 374 g/mol. The van der Waals surface area contributed by atoms with Gasteiger partial charge in [0.25, 0.3) is 0 Å². The molecule has 0 aliphatic heterocycles. The molecular weight excluding hydrogens is 348 g/mol. The molecule has 27 heavy (non-hydrogen) atoms. The van der Waals surface area contributed by atoms with Crippen molar-refractivity contribution in [3.63, 3.8) is 0 Å². The second-order valence-corrected chi connectivity index (χ2v) is 5.78. The molecule has 1 aromatic heterocycles. The molecule has 0 radical (unpaired) electrons. The highest BCUT2D eigenvalue weighted by Crippen LogP contribution is 2.16. The lowest BCUT2D eigenvalue weighted by atomic mass is 10.1. The topological polar surface area (TPSA) is 91.5 Å². The highest BCUT2D eigenvalue weighted by Gasteiger charge is 2.04. The van der Waals surface area contributed by atoms with Crippen LogP contribution in [0.1, 0.15) is 37.6 Å². The molecule has 2 rings (SSSR count). The molecule has 0 aliphatic rings. The molecule has 0 saturated heterocycles. The number of carbonyl (C=O) groups is 2. The third kappa shape index (κ3) is 9.94. The van der Waals surface area contributed by atoms with Gasteiger partial charge >= 0.3 is 11.9 Å². The fourth-order valence-corrected chi connectivity index (χ4v) is 2.03. The van der Waals surface area contributed by atoms with Gasteiger partial charge in [-0.05, 0) is 32.3 Å². The molecule has 0 spiro atoms. The maximum absolute atomic E-state index is 10.6. The lowest BCUT2D eigenvalue weighted by Gasteiger charge is -2.02. The smallest absolute Gasteiger partial charge is 0.330 e. The van der Waals surface area contributed by atoms with Crippen molar-refractivity contribution in [1.29, 1.82) is 0 Å². The second kappa shape index (κ2) is 12.4. The number of aromatic nitrogens is 2. The molecule has 7 heteroatoms. The van der Waals surface area contributed by atoms with Gasteiger partial charge in [-0.3, -0.25) is 4.79 Å². The quantitative estimate of drug-likeness (QED) is 0.394. The number of unbranched alkanes of at least 4 members (excludes halogenated alkanes) is 2. The Kier molecular flexibility index (Phi) is 10.1. The van der Waals surface area contributed by atoms with Crippen molar-refractivity contribution < 1.29 is 23.6 Å². The molecule has 2 aromatic rings.